The van der Waals surface area contributed by atoms with Gasteiger partial charge in [0.1, 0.15) is 5.82 Å². The number of benzene rings is 4. The van der Waals surface area contributed by atoms with Crippen LogP contribution in [0, 0.1) is 32.9 Å². The third kappa shape index (κ3) is 7.00. The van der Waals surface area contributed by atoms with Crippen LogP contribution < -0.4 is 4.74 Å². The summed E-state index contributed by atoms with van der Waals surface area (Å²) in [6.07, 6.45) is 8.47. The number of rotatable bonds is 11. The predicted molar refractivity (Wildman–Crippen MR) is 197 cm³/mol. The van der Waals surface area contributed by atoms with E-state index in [1.54, 1.807) is 0 Å². The second-order valence-corrected chi connectivity index (χ2v) is 12.8. The molecule has 3 aromatic heterocycles. The molecule has 0 spiro atoms. The minimum absolute atomic E-state index is 0. The van der Waals surface area contributed by atoms with Gasteiger partial charge in [0.15, 0.2) is 0 Å². The molecule has 250 valence electrons. The van der Waals surface area contributed by atoms with Crippen molar-refractivity contribution in [2.75, 3.05) is 0 Å². The number of hydrogen-bond acceptors (Lipinski definition) is 3. The third-order valence-electron chi connectivity index (χ3n) is 9.14. The molecule has 6 heteroatoms. The maximum atomic E-state index is 6.64. The Bertz CT molecular complexity index is 2230. The number of ether oxygens (including phenoxy) is 1. The Kier molecular flexibility index (Phi) is 10.5. The molecule has 0 unspecified atom stereocenters. The minimum atomic E-state index is 0. The van der Waals surface area contributed by atoms with E-state index in [1.165, 1.54) is 29.4 Å². The van der Waals surface area contributed by atoms with Gasteiger partial charge in [0.25, 0.3) is 0 Å². The van der Waals surface area contributed by atoms with Crippen molar-refractivity contribution in [1.29, 1.82) is 0 Å². The second-order valence-electron chi connectivity index (χ2n) is 12.8. The molecular weight excluding hydrogens is 784 g/mol. The molecule has 0 N–H and O–H groups in total. The fourth-order valence-corrected chi connectivity index (χ4v) is 6.85. The molecule has 0 atom stereocenters. The van der Waals surface area contributed by atoms with Crippen LogP contribution in [-0.2, 0) is 33.9 Å². The van der Waals surface area contributed by atoms with Gasteiger partial charge in [-0.25, -0.2) is 4.98 Å². The van der Waals surface area contributed by atoms with Gasteiger partial charge in [-0.15, -0.1) is 35.7 Å². The summed E-state index contributed by atoms with van der Waals surface area (Å²) in [7, 11) is 0. The summed E-state index contributed by atoms with van der Waals surface area (Å²) in [5.41, 5.74) is 11.0. The van der Waals surface area contributed by atoms with Crippen molar-refractivity contribution in [2.24, 2.45) is 0 Å². The number of unbranched alkanes of at least 4 members (excludes halogenated alkanes) is 2. The second kappa shape index (κ2) is 15.0. The zero-order valence-electron chi connectivity index (χ0n) is 28.9. The van der Waals surface area contributed by atoms with Crippen LogP contribution in [0.25, 0.3) is 44.4 Å². The molecule has 0 saturated heterocycles. The van der Waals surface area contributed by atoms with Crippen LogP contribution in [0.2, 0.25) is 0 Å². The van der Waals surface area contributed by atoms with Crippen LogP contribution in [0.4, 0.5) is 0 Å². The number of aromatic nitrogens is 4. The van der Waals surface area contributed by atoms with Crippen molar-refractivity contribution in [3.05, 3.63) is 131 Å². The van der Waals surface area contributed by atoms with E-state index in [0.717, 1.165) is 81.7 Å². The molecule has 0 fully saturated rings. The summed E-state index contributed by atoms with van der Waals surface area (Å²) in [6.45, 7) is 10.8. The average Bonchev–Trinajstić information content (AvgIpc) is 3.57. The molecule has 0 saturated carbocycles. The zero-order valence-corrected chi connectivity index (χ0v) is 31.2. The monoisotopic (exact) mass is 825 g/mol. The summed E-state index contributed by atoms with van der Waals surface area (Å²) in [5, 5.41) is 7.33. The first-order chi connectivity index (χ1) is 23.4. The van der Waals surface area contributed by atoms with Crippen molar-refractivity contribution in [3.8, 4) is 34.1 Å². The first kappa shape index (κ1) is 34.4. The Morgan fingerprint density at radius 1 is 0.735 bits per heavy atom. The first-order valence-electron chi connectivity index (χ1n) is 17.2. The van der Waals surface area contributed by atoms with E-state index in [9.17, 15) is 0 Å². The van der Waals surface area contributed by atoms with Crippen LogP contribution >= 0.6 is 0 Å². The Labute approximate surface area is 304 Å². The van der Waals surface area contributed by atoms with Gasteiger partial charge >= 0.3 is 21.1 Å². The summed E-state index contributed by atoms with van der Waals surface area (Å²) in [5.74, 6) is 2.17. The smallest absolute Gasteiger partial charge is 0.509 e. The largest absolute Gasteiger partial charge is 2.00 e. The van der Waals surface area contributed by atoms with E-state index in [1.807, 2.05) is 29.1 Å². The molecule has 0 aliphatic rings. The third-order valence-corrected chi connectivity index (χ3v) is 9.14. The molecule has 7 rings (SSSR count). The zero-order chi connectivity index (χ0) is 33.2. The van der Waals surface area contributed by atoms with Crippen LogP contribution in [-0.4, -0.2) is 19.3 Å². The van der Waals surface area contributed by atoms with Crippen molar-refractivity contribution in [3.63, 3.8) is 0 Å². The number of hydrogen-bond donors (Lipinski definition) is 0. The number of pyridine rings is 1. The van der Waals surface area contributed by atoms with Crippen molar-refractivity contribution >= 4 is 21.8 Å². The molecule has 0 bridgehead atoms. The van der Waals surface area contributed by atoms with Gasteiger partial charge in [-0.05, 0) is 73.2 Å². The fraction of sp³-hybridized carbons (Fsp3) is 0.256. The molecule has 0 aliphatic carbocycles. The normalized spacial score (nSPS) is 11.3. The summed E-state index contributed by atoms with van der Waals surface area (Å²) >= 11 is 0. The molecule has 7 aromatic rings. The maximum absolute atomic E-state index is 6.64. The number of fused-ring (bicyclic) bond motifs is 3. The van der Waals surface area contributed by atoms with Gasteiger partial charge in [0.2, 0.25) is 0 Å². The van der Waals surface area contributed by atoms with Gasteiger partial charge in [-0.1, -0.05) is 93.9 Å². The van der Waals surface area contributed by atoms with Gasteiger partial charge in [-0.3, -0.25) is 4.68 Å². The van der Waals surface area contributed by atoms with Gasteiger partial charge in [-0.2, -0.15) is 16.7 Å². The fourth-order valence-electron chi connectivity index (χ4n) is 6.85. The topological polar surface area (TPSA) is 44.9 Å². The van der Waals surface area contributed by atoms with E-state index in [4.69, 9.17) is 14.8 Å². The molecule has 49 heavy (non-hydrogen) atoms. The van der Waals surface area contributed by atoms with Crippen molar-refractivity contribution < 1.29 is 25.8 Å². The van der Waals surface area contributed by atoms with Gasteiger partial charge < -0.3 is 9.30 Å². The number of nitrogens with zero attached hydrogens (tertiary/aromatic N) is 4. The Balaban J connectivity index is 0.00000417. The van der Waals surface area contributed by atoms with E-state index in [2.05, 4.69) is 118 Å². The molecule has 3 heterocycles. The minimum Gasteiger partial charge on any atom is -0.509 e. The summed E-state index contributed by atoms with van der Waals surface area (Å²) < 4.78 is 10.9. The SMILES string of the molecule is CCCCCc1cc(Oc2[c-]c3c(cc2)c2cc(CCC)ccc2n3-c2cc(C)ccn2)[c-]c(-n2nc(C)c(-c3ccccc3)c2C)c1.[Pt+2]. The van der Waals surface area contributed by atoms with Crippen molar-refractivity contribution in [2.45, 2.75) is 73.1 Å². The average molecular weight is 826 g/mol. The molecule has 0 aliphatic heterocycles. The molecule has 0 amide bonds. The van der Waals surface area contributed by atoms with Crippen LogP contribution in [0.1, 0.15) is 67.6 Å². The molecule has 0 radical (unpaired) electrons. The van der Waals surface area contributed by atoms with Crippen LogP contribution in [0.5, 0.6) is 11.5 Å². The Morgan fingerprint density at radius 3 is 2.35 bits per heavy atom. The van der Waals surface area contributed by atoms with E-state index < -0.39 is 0 Å². The van der Waals surface area contributed by atoms with E-state index in [-0.39, 0.29) is 21.1 Å². The van der Waals surface area contributed by atoms with E-state index >= 15 is 0 Å². The standard InChI is InChI=1S/C43H42N4O.Pt/c1-6-8-10-14-33-24-35(47-31(5)43(30(4)45-47)34-15-11-9-12-16-34)27-37(25-33)48-36-18-19-38-39-26-32(13-7-2)17-20-40(39)46(41(38)28-36)42-23-29(3)21-22-44-42;/h9,11-12,15-26H,6-8,10,13-14H2,1-5H3;/q-2;+2. The Morgan fingerprint density at radius 2 is 1.57 bits per heavy atom. The number of aryl methyl sites for hydroxylation is 4. The van der Waals surface area contributed by atoms with Crippen molar-refractivity contribution in [1.82, 2.24) is 19.3 Å². The quantitative estimate of drug-likeness (QED) is 0.0964. The summed E-state index contributed by atoms with van der Waals surface area (Å²) in [6, 6.07) is 37.1. The van der Waals surface area contributed by atoms with Crippen LogP contribution in [0.3, 0.4) is 0 Å². The maximum Gasteiger partial charge on any atom is 2.00 e. The van der Waals surface area contributed by atoms with Crippen LogP contribution in [0.15, 0.2) is 91.1 Å². The first-order valence-corrected chi connectivity index (χ1v) is 17.2. The molecular formula is C43H42N4OPt. The predicted octanol–water partition coefficient (Wildman–Crippen LogP) is 11.0. The van der Waals surface area contributed by atoms with E-state index in [0.29, 0.717) is 11.5 Å². The molecule has 5 nitrogen and oxygen atoms in total. The Hall–Kier alpha value is -4.47. The molecule has 4 aromatic carbocycles. The summed E-state index contributed by atoms with van der Waals surface area (Å²) in [4.78, 5) is 4.77. The van der Waals surface area contributed by atoms with Gasteiger partial charge in [0.05, 0.1) is 5.69 Å². The van der Waals surface area contributed by atoms with Gasteiger partial charge in [0, 0.05) is 34.5 Å².